The Morgan fingerprint density at radius 3 is 2.48 bits per heavy atom. The van der Waals surface area contributed by atoms with Crippen LogP contribution >= 0.6 is 0 Å². The second kappa shape index (κ2) is 9.45. The third-order valence-electron chi connectivity index (χ3n) is 4.64. The number of benzene rings is 3. The summed E-state index contributed by atoms with van der Waals surface area (Å²) in [5, 5.41) is 0. The van der Waals surface area contributed by atoms with Gasteiger partial charge in [0.15, 0.2) is 0 Å². The molecule has 0 aliphatic heterocycles. The number of aryl methyl sites for hydroxylation is 2. The zero-order valence-electron chi connectivity index (χ0n) is 16.8. The average Bonchev–Trinajstić information content (AvgIpc) is 2.70. The van der Waals surface area contributed by atoms with E-state index in [1.165, 1.54) is 19.2 Å². The lowest BCUT2D eigenvalue weighted by Crippen LogP contribution is -2.14. The number of esters is 1. The van der Waals surface area contributed by atoms with Gasteiger partial charge in [-0.25, -0.2) is 9.18 Å². The first-order chi connectivity index (χ1) is 14.0. The first-order valence-corrected chi connectivity index (χ1v) is 9.36. The molecule has 0 atom stereocenters. The molecule has 0 fully saturated rings. The third-order valence-corrected chi connectivity index (χ3v) is 4.64. The van der Waals surface area contributed by atoms with Crippen LogP contribution in [0.25, 0.3) is 11.1 Å². The zero-order chi connectivity index (χ0) is 20.8. The second-order valence-corrected chi connectivity index (χ2v) is 6.93. The molecule has 5 heteroatoms. The smallest absolute Gasteiger partial charge is 0.338 e. The van der Waals surface area contributed by atoms with Crippen molar-refractivity contribution in [3.05, 3.63) is 94.3 Å². The lowest BCUT2D eigenvalue weighted by Gasteiger charge is -2.13. The number of hydrogen-bond donors (Lipinski definition) is 1. The topological polar surface area (TPSA) is 47.6 Å². The quantitative estimate of drug-likeness (QED) is 0.344. The average molecular weight is 393 g/mol. The molecule has 3 aromatic rings. The van der Waals surface area contributed by atoms with E-state index in [0.717, 1.165) is 33.4 Å². The van der Waals surface area contributed by atoms with Crippen molar-refractivity contribution in [1.82, 2.24) is 5.48 Å². The minimum absolute atomic E-state index is 0.261. The molecule has 0 saturated heterocycles. The Balaban J connectivity index is 1.74. The first kappa shape index (κ1) is 20.7. The van der Waals surface area contributed by atoms with E-state index < -0.39 is 0 Å². The number of halogens is 1. The molecule has 150 valence electrons. The van der Waals surface area contributed by atoms with E-state index in [2.05, 4.69) is 5.48 Å². The Morgan fingerprint density at radius 2 is 1.76 bits per heavy atom. The van der Waals surface area contributed by atoms with E-state index in [0.29, 0.717) is 18.7 Å². The Morgan fingerprint density at radius 1 is 0.966 bits per heavy atom. The highest BCUT2D eigenvalue weighted by Crippen LogP contribution is 2.28. The summed E-state index contributed by atoms with van der Waals surface area (Å²) >= 11 is 0. The highest BCUT2D eigenvalue weighted by molar-refractivity contribution is 5.97. The van der Waals surface area contributed by atoms with Gasteiger partial charge in [-0.15, -0.1) is 0 Å². The monoisotopic (exact) mass is 393 g/mol. The molecule has 0 radical (unpaired) electrons. The molecule has 0 saturated carbocycles. The van der Waals surface area contributed by atoms with E-state index >= 15 is 0 Å². The summed E-state index contributed by atoms with van der Waals surface area (Å²) in [5.41, 5.74) is 8.79. The maximum Gasteiger partial charge on any atom is 0.338 e. The molecule has 0 aromatic heterocycles. The van der Waals surface area contributed by atoms with Crippen molar-refractivity contribution in [2.45, 2.75) is 27.0 Å². The van der Waals surface area contributed by atoms with E-state index in [9.17, 15) is 9.18 Å². The molecule has 29 heavy (non-hydrogen) atoms. The fraction of sp³-hybridized carbons (Fsp3) is 0.208. The van der Waals surface area contributed by atoms with Crippen LogP contribution in [0.3, 0.4) is 0 Å². The van der Waals surface area contributed by atoms with E-state index in [-0.39, 0.29) is 11.8 Å². The maximum atomic E-state index is 13.5. The Hall–Kier alpha value is -3.02. The molecular weight excluding hydrogens is 369 g/mol. The normalized spacial score (nSPS) is 10.8. The number of methoxy groups -OCH3 is 1. The van der Waals surface area contributed by atoms with Gasteiger partial charge in [0.2, 0.25) is 0 Å². The van der Waals surface area contributed by atoms with Gasteiger partial charge in [0.05, 0.1) is 19.3 Å². The molecule has 1 N–H and O–H groups in total. The van der Waals surface area contributed by atoms with Gasteiger partial charge in [0, 0.05) is 6.54 Å². The SMILES string of the molecule is COC(=O)c1ccc(CONCc2cc(C)cc(F)c2)cc1-c1ccccc1C. The van der Waals surface area contributed by atoms with Gasteiger partial charge in [-0.1, -0.05) is 36.4 Å². The molecule has 3 aromatic carbocycles. The summed E-state index contributed by atoms with van der Waals surface area (Å²) in [7, 11) is 1.37. The van der Waals surface area contributed by atoms with Crippen LogP contribution in [-0.2, 0) is 22.7 Å². The fourth-order valence-corrected chi connectivity index (χ4v) is 3.25. The Labute approximate surface area is 170 Å². The first-order valence-electron chi connectivity index (χ1n) is 9.36. The standard InChI is InChI=1S/C24H24FNO3/c1-16-10-19(12-20(25)11-16)14-26-29-15-18-8-9-22(24(27)28-3)23(13-18)21-7-5-4-6-17(21)2/h4-13,26H,14-15H2,1-3H3. The van der Waals surface area contributed by atoms with Crippen LogP contribution in [0.15, 0.2) is 60.7 Å². The van der Waals surface area contributed by atoms with Crippen molar-refractivity contribution in [2.24, 2.45) is 0 Å². The van der Waals surface area contributed by atoms with Gasteiger partial charge >= 0.3 is 5.97 Å². The van der Waals surface area contributed by atoms with Crippen LogP contribution in [0.1, 0.15) is 32.6 Å². The number of ether oxygens (including phenoxy) is 1. The van der Waals surface area contributed by atoms with Crippen LogP contribution < -0.4 is 5.48 Å². The molecule has 0 amide bonds. The number of carbonyl (C=O) groups excluding carboxylic acids is 1. The molecule has 3 rings (SSSR count). The van der Waals surface area contributed by atoms with Crippen LogP contribution in [0.2, 0.25) is 0 Å². The highest BCUT2D eigenvalue weighted by atomic mass is 19.1. The number of hydrogen-bond acceptors (Lipinski definition) is 4. The van der Waals surface area contributed by atoms with Crippen molar-refractivity contribution >= 4 is 5.97 Å². The predicted molar refractivity (Wildman–Crippen MR) is 111 cm³/mol. The number of carbonyl (C=O) groups is 1. The van der Waals surface area contributed by atoms with Crippen LogP contribution in [0.4, 0.5) is 4.39 Å². The number of rotatable bonds is 7. The predicted octanol–water partition coefficient (Wildman–Crippen LogP) is 5.12. The number of hydroxylamine groups is 1. The van der Waals surface area contributed by atoms with Crippen molar-refractivity contribution in [1.29, 1.82) is 0 Å². The summed E-state index contributed by atoms with van der Waals surface area (Å²) in [5.74, 6) is -0.640. The molecule has 4 nitrogen and oxygen atoms in total. The van der Waals surface area contributed by atoms with Crippen molar-refractivity contribution in [3.8, 4) is 11.1 Å². The summed E-state index contributed by atoms with van der Waals surface area (Å²) in [6, 6.07) is 18.3. The summed E-state index contributed by atoms with van der Waals surface area (Å²) in [4.78, 5) is 17.8. The minimum atomic E-state index is -0.379. The molecular formula is C24H24FNO3. The fourth-order valence-electron chi connectivity index (χ4n) is 3.25. The molecule has 0 bridgehead atoms. The third kappa shape index (κ3) is 5.28. The van der Waals surface area contributed by atoms with Gasteiger partial charge in [0.25, 0.3) is 0 Å². The van der Waals surface area contributed by atoms with E-state index in [1.54, 1.807) is 6.07 Å². The highest BCUT2D eigenvalue weighted by Gasteiger charge is 2.15. The Kier molecular flexibility index (Phi) is 6.75. The van der Waals surface area contributed by atoms with Gasteiger partial charge in [0.1, 0.15) is 5.82 Å². The summed E-state index contributed by atoms with van der Waals surface area (Å²) in [6.07, 6.45) is 0. The largest absolute Gasteiger partial charge is 0.465 e. The maximum absolute atomic E-state index is 13.5. The van der Waals surface area contributed by atoms with Gasteiger partial charge in [-0.05, 0) is 71.5 Å². The van der Waals surface area contributed by atoms with Crippen LogP contribution in [-0.4, -0.2) is 13.1 Å². The van der Waals surface area contributed by atoms with Gasteiger partial charge < -0.3 is 4.74 Å². The second-order valence-electron chi connectivity index (χ2n) is 6.93. The molecule has 0 aliphatic carbocycles. The minimum Gasteiger partial charge on any atom is -0.465 e. The van der Waals surface area contributed by atoms with Crippen molar-refractivity contribution < 1.29 is 18.8 Å². The summed E-state index contributed by atoms with van der Waals surface area (Å²) in [6.45, 7) is 4.55. The molecule has 0 heterocycles. The van der Waals surface area contributed by atoms with Crippen LogP contribution in [0, 0.1) is 19.7 Å². The Bertz CT molecular complexity index is 997. The summed E-state index contributed by atoms with van der Waals surface area (Å²) < 4.78 is 18.4. The van der Waals surface area contributed by atoms with Crippen molar-refractivity contribution in [3.63, 3.8) is 0 Å². The number of nitrogens with one attached hydrogen (secondary N) is 1. The lowest BCUT2D eigenvalue weighted by molar-refractivity contribution is 0.0234. The molecule has 0 spiro atoms. The molecule has 0 aliphatic rings. The van der Waals surface area contributed by atoms with Crippen LogP contribution in [0.5, 0.6) is 0 Å². The van der Waals surface area contributed by atoms with Gasteiger partial charge in [-0.2, -0.15) is 5.48 Å². The van der Waals surface area contributed by atoms with Gasteiger partial charge in [-0.3, -0.25) is 4.84 Å². The molecule has 0 unspecified atom stereocenters. The van der Waals surface area contributed by atoms with E-state index in [4.69, 9.17) is 9.57 Å². The van der Waals surface area contributed by atoms with E-state index in [1.807, 2.05) is 56.3 Å². The van der Waals surface area contributed by atoms with Crippen molar-refractivity contribution in [2.75, 3.05) is 7.11 Å². The lowest BCUT2D eigenvalue weighted by atomic mass is 9.94. The zero-order valence-corrected chi connectivity index (χ0v) is 16.8.